The van der Waals surface area contributed by atoms with Crippen LogP contribution in [0.4, 0.5) is 0 Å². The Hall–Kier alpha value is -7.43. The average molecular weight is 704 g/mol. The minimum Gasteiger partial charge on any atom is -0.456 e. The Morgan fingerprint density at radius 2 is 0.709 bits per heavy atom. The van der Waals surface area contributed by atoms with Crippen LogP contribution in [0.1, 0.15) is 0 Å². The lowest BCUT2D eigenvalue weighted by Gasteiger charge is -2.13. The first-order valence-corrected chi connectivity index (χ1v) is 18.4. The van der Waals surface area contributed by atoms with Crippen LogP contribution in [0.15, 0.2) is 205 Å². The second kappa shape index (κ2) is 13.8. The number of hydrogen-bond acceptors (Lipinski definition) is 4. The summed E-state index contributed by atoms with van der Waals surface area (Å²) in [6, 6.07) is 69.4. The molecule has 8 aromatic carbocycles. The first-order valence-electron chi connectivity index (χ1n) is 18.4. The summed E-state index contributed by atoms with van der Waals surface area (Å²) < 4.78 is 6.10. The van der Waals surface area contributed by atoms with E-state index in [0.29, 0.717) is 17.5 Å². The number of fused-ring (bicyclic) bond motifs is 3. The third-order valence-electron chi connectivity index (χ3n) is 10.2. The predicted molar refractivity (Wildman–Crippen MR) is 225 cm³/mol. The number of furan rings is 1. The van der Waals surface area contributed by atoms with E-state index < -0.39 is 0 Å². The van der Waals surface area contributed by atoms with Crippen LogP contribution in [0.2, 0.25) is 0 Å². The van der Waals surface area contributed by atoms with E-state index in [9.17, 15) is 0 Å². The molecule has 10 aromatic rings. The van der Waals surface area contributed by atoms with E-state index >= 15 is 0 Å². The van der Waals surface area contributed by atoms with Gasteiger partial charge in [0.05, 0.1) is 0 Å². The largest absolute Gasteiger partial charge is 0.456 e. The first-order chi connectivity index (χ1) is 27.2. The van der Waals surface area contributed by atoms with E-state index in [2.05, 4.69) is 170 Å². The average Bonchev–Trinajstić information content (AvgIpc) is 3.65. The van der Waals surface area contributed by atoms with Gasteiger partial charge in [0.1, 0.15) is 11.2 Å². The molecule has 258 valence electrons. The zero-order chi connectivity index (χ0) is 36.6. The number of hydrogen-bond donors (Lipinski definition) is 0. The summed E-state index contributed by atoms with van der Waals surface area (Å²) >= 11 is 0. The van der Waals surface area contributed by atoms with E-state index in [4.69, 9.17) is 19.4 Å². The highest BCUT2D eigenvalue weighted by atomic mass is 16.3. The molecule has 4 nitrogen and oxygen atoms in total. The monoisotopic (exact) mass is 703 g/mol. The van der Waals surface area contributed by atoms with E-state index in [-0.39, 0.29) is 0 Å². The Balaban J connectivity index is 1.07. The number of rotatable bonds is 7. The summed E-state index contributed by atoms with van der Waals surface area (Å²) in [5, 5.41) is 2.24. The normalized spacial score (nSPS) is 11.3. The molecule has 0 N–H and O–H groups in total. The summed E-state index contributed by atoms with van der Waals surface area (Å²) in [6.45, 7) is 0. The van der Waals surface area contributed by atoms with E-state index in [1.165, 1.54) is 5.56 Å². The summed E-state index contributed by atoms with van der Waals surface area (Å²) in [7, 11) is 0. The maximum absolute atomic E-state index is 6.10. The fourth-order valence-electron chi connectivity index (χ4n) is 7.37. The van der Waals surface area contributed by atoms with Crippen molar-refractivity contribution in [3.8, 4) is 78.7 Å². The van der Waals surface area contributed by atoms with Crippen molar-refractivity contribution in [2.75, 3.05) is 0 Å². The Morgan fingerprint density at radius 1 is 0.255 bits per heavy atom. The molecule has 0 atom stereocenters. The van der Waals surface area contributed by atoms with Gasteiger partial charge in [0.2, 0.25) is 0 Å². The molecule has 0 radical (unpaired) electrons. The van der Waals surface area contributed by atoms with Crippen molar-refractivity contribution in [1.82, 2.24) is 15.0 Å². The molecule has 0 amide bonds. The summed E-state index contributed by atoms with van der Waals surface area (Å²) in [5.74, 6) is 1.86. The first kappa shape index (κ1) is 32.2. The zero-order valence-electron chi connectivity index (χ0n) is 29.8. The Labute approximate surface area is 319 Å². The van der Waals surface area contributed by atoms with Crippen LogP contribution in [0.25, 0.3) is 101 Å². The third-order valence-corrected chi connectivity index (χ3v) is 10.2. The fourth-order valence-corrected chi connectivity index (χ4v) is 7.37. The molecule has 0 aliphatic heterocycles. The number of aromatic nitrogens is 3. The summed E-state index contributed by atoms with van der Waals surface area (Å²) in [6.07, 6.45) is 0. The molecule has 55 heavy (non-hydrogen) atoms. The van der Waals surface area contributed by atoms with Crippen molar-refractivity contribution in [3.63, 3.8) is 0 Å². The summed E-state index contributed by atoms with van der Waals surface area (Å²) in [4.78, 5) is 15.4. The summed E-state index contributed by atoms with van der Waals surface area (Å²) in [5.41, 5.74) is 13.5. The second-order valence-electron chi connectivity index (χ2n) is 13.6. The standard InChI is InChI=1S/C51H33N3O/c1-3-13-34(14-4-1)35-25-27-37(28-26-35)49-52-50(54-51(53-49)45-23-8-7-21-43(45)36-15-5-2-6-16-36)42-20-12-19-40(32-42)38-17-11-18-39(31-38)41-29-30-48-46(33-41)44-22-9-10-24-47(44)55-48/h1-33H. The number of benzene rings is 8. The Bertz CT molecular complexity index is 2970. The fraction of sp³-hybridized carbons (Fsp3) is 0. The lowest BCUT2D eigenvalue weighted by Crippen LogP contribution is -2.01. The van der Waals surface area contributed by atoms with Gasteiger partial charge in [-0.05, 0) is 74.8 Å². The highest BCUT2D eigenvalue weighted by Gasteiger charge is 2.17. The minimum atomic E-state index is 0.616. The molecule has 0 aliphatic carbocycles. The lowest BCUT2D eigenvalue weighted by molar-refractivity contribution is 0.669. The van der Waals surface area contributed by atoms with Crippen LogP contribution in [0, 0.1) is 0 Å². The van der Waals surface area contributed by atoms with Gasteiger partial charge in [0.25, 0.3) is 0 Å². The molecule has 0 saturated heterocycles. The molecule has 4 heteroatoms. The lowest BCUT2D eigenvalue weighted by atomic mass is 9.97. The predicted octanol–water partition coefficient (Wildman–Crippen LogP) is 13.4. The zero-order valence-corrected chi connectivity index (χ0v) is 29.8. The number of nitrogens with zero attached hydrogens (tertiary/aromatic N) is 3. The number of para-hydroxylation sites is 1. The Kier molecular flexibility index (Phi) is 8.12. The smallest absolute Gasteiger partial charge is 0.164 e. The van der Waals surface area contributed by atoms with Crippen molar-refractivity contribution in [2.24, 2.45) is 0 Å². The molecule has 0 unspecified atom stereocenters. The van der Waals surface area contributed by atoms with Crippen molar-refractivity contribution in [2.45, 2.75) is 0 Å². The van der Waals surface area contributed by atoms with Crippen molar-refractivity contribution >= 4 is 21.9 Å². The van der Waals surface area contributed by atoms with Crippen LogP contribution < -0.4 is 0 Å². The van der Waals surface area contributed by atoms with E-state index in [1.807, 2.05) is 30.3 Å². The van der Waals surface area contributed by atoms with Crippen LogP contribution in [0.3, 0.4) is 0 Å². The molecule has 10 rings (SSSR count). The molecular formula is C51H33N3O. The van der Waals surface area contributed by atoms with Crippen LogP contribution in [-0.4, -0.2) is 15.0 Å². The molecule has 0 saturated carbocycles. The molecule has 0 fully saturated rings. The van der Waals surface area contributed by atoms with Crippen LogP contribution in [-0.2, 0) is 0 Å². The van der Waals surface area contributed by atoms with Crippen molar-refractivity contribution < 1.29 is 4.42 Å². The highest BCUT2D eigenvalue weighted by Crippen LogP contribution is 2.36. The van der Waals surface area contributed by atoms with Crippen molar-refractivity contribution in [1.29, 1.82) is 0 Å². The molecule has 2 heterocycles. The van der Waals surface area contributed by atoms with E-state index in [0.717, 1.165) is 77.6 Å². The van der Waals surface area contributed by atoms with Gasteiger partial charge in [-0.2, -0.15) is 0 Å². The maximum Gasteiger partial charge on any atom is 0.164 e. The van der Waals surface area contributed by atoms with Gasteiger partial charge in [0, 0.05) is 27.5 Å². The molecular weight excluding hydrogens is 671 g/mol. The quantitative estimate of drug-likeness (QED) is 0.166. The van der Waals surface area contributed by atoms with Crippen LogP contribution in [0.5, 0.6) is 0 Å². The van der Waals surface area contributed by atoms with Gasteiger partial charge in [-0.25, -0.2) is 15.0 Å². The second-order valence-corrected chi connectivity index (χ2v) is 13.6. The van der Waals surface area contributed by atoms with Crippen molar-refractivity contribution in [3.05, 3.63) is 200 Å². The Morgan fingerprint density at radius 3 is 1.44 bits per heavy atom. The van der Waals surface area contributed by atoms with Gasteiger partial charge in [-0.15, -0.1) is 0 Å². The SMILES string of the molecule is c1ccc(-c2ccc(-c3nc(-c4cccc(-c5cccc(-c6ccc7oc8ccccc8c7c6)c5)c4)nc(-c4ccccc4-c4ccccc4)n3)cc2)cc1. The highest BCUT2D eigenvalue weighted by molar-refractivity contribution is 6.06. The third kappa shape index (κ3) is 6.26. The molecule has 2 aromatic heterocycles. The maximum atomic E-state index is 6.10. The molecule has 0 bridgehead atoms. The van der Waals surface area contributed by atoms with Gasteiger partial charge in [-0.1, -0.05) is 170 Å². The van der Waals surface area contributed by atoms with Crippen LogP contribution >= 0.6 is 0 Å². The minimum absolute atomic E-state index is 0.616. The van der Waals surface area contributed by atoms with Gasteiger partial charge in [-0.3, -0.25) is 0 Å². The van der Waals surface area contributed by atoms with E-state index in [1.54, 1.807) is 0 Å². The van der Waals surface area contributed by atoms with Gasteiger partial charge in [0.15, 0.2) is 17.5 Å². The molecule has 0 aliphatic rings. The topological polar surface area (TPSA) is 51.8 Å². The van der Waals surface area contributed by atoms with Gasteiger partial charge >= 0.3 is 0 Å². The van der Waals surface area contributed by atoms with Gasteiger partial charge < -0.3 is 4.42 Å². The molecule has 0 spiro atoms.